The summed E-state index contributed by atoms with van der Waals surface area (Å²) in [5, 5.41) is 5.34. The quantitative estimate of drug-likeness (QED) is 0.483. The van der Waals surface area contributed by atoms with Gasteiger partial charge >= 0.3 is 11.3 Å². The summed E-state index contributed by atoms with van der Waals surface area (Å²) in [6.07, 6.45) is 1.81. The first-order chi connectivity index (χ1) is 11.1. The maximum absolute atomic E-state index is 12.3. The second-order valence-electron chi connectivity index (χ2n) is 5.30. The van der Waals surface area contributed by atoms with E-state index in [9.17, 15) is 9.59 Å². The number of aromatic amines is 2. The molecule has 0 fully saturated rings. The Morgan fingerprint density at radius 2 is 2.00 bits per heavy atom. The number of rotatable bonds is 1. The Bertz CT molecular complexity index is 1180. The van der Waals surface area contributed by atoms with E-state index in [2.05, 4.69) is 20.1 Å². The zero-order valence-corrected chi connectivity index (χ0v) is 12.5. The fraction of sp³-hybridized carbons (Fsp3) is 0.133. The molecule has 3 heterocycles. The average Bonchev–Trinajstić information content (AvgIpc) is 2.98. The van der Waals surface area contributed by atoms with Gasteiger partial charge in [0, 0.05) is 29.7 Å². The highest BCUT2D eigenvalue weighted by Crippen LogP contribution is 2.25. The molecule has 4 rings (SSSR count). The summed E-state index contributed by atoms with van der Waals surface area (Å²) in [5.41, 5.74) is 1.27. The third-order valence-corrected chi connectivity index (χ3v) is 3.88. The Labute approximate surface area is 129 Å². The van der Waals surface area contributed by atoms with Crippen molar-refractivity contribution in [2.75, 3.05) is 0 Å². The van der Waals surface area contributed by atoms with Gasteiger partial charge in [-0.3, -0.25) is 4.79 Å². The smallest absolute Gasteiger partial charge is 0.360 e. The number of aryl methyl sites for hydroxylation is 1. The van der Waals surface area contributed by atoms with Gasteiger partial charge in [0.25, 0.3) is 5.56 Å². The molecule has 0 atom stereocenters. The van der Waals surface area contributed by atoms with Crippen LogP contribution in [-0.2, 0) is 14.1 Å². The van der Waals surface area contributed by atoms with Crippen molar-refractivity contribution < 1.29 is 4.68 Å². The van der Waals surface area contributed by atoms with E-state index in [1.807, 2.05) is 30.5 Å². The normalized spacial score (nSPS) is 11.4. The lowest BCUT2D eigenvalue weighted by atomic mass is 10.1. The summed E-state index contributed by atoms with van der Waals surface area (Å²) in [4.78, 5) is 34.2. The Morgan fingerprint density at radius 3 is 2.83 bits per heavy atom. The number of hydrogen-bond donors (Lipinski definition) is 2. The van der Waals surface area contributed by atoms with Gasteiger partial charge in [-0.2, -0.15) is 4.98 Å². The van der Waals surface area contributed by atoms with Gasteiger partial charge in [-0.05, 0) is 6.07 Å². The fourth-order valence-corrected chi connectivity index (χ4v) is 2.62. The zero-order chi connectivity index (χ0) is 16.1. The van der Waals surface area contributed by atoms with E-state index >= 15 is 0 Å². The van der Waals surface area contributed by atoms with Crippen LogP contribution in [0.1, 0.15) is 0 Å². The molecule has 1 aromatic carbocycles. The molecule has 23 heavy (non-hydrogen) atoms. The molecule has 0 saturated carbocycles. The second kappa shape index (κ2) is 4.60. The van der Waals surface area contributed by atoms with E-state index < -0.39 is 11.2 Å². The zero-order valence-electron chi connectivity index (χ0n) is 12.5. The Hall–Kier alpha value is -3.29. The molecular formula is C15H13N6O2+. The van der Waals surface area contributed by atoms with Gasteiger partial charge in [0.1, 0.15) is 7.05 Å². The first-order valence-electron chi connectivity index (χ1n) is 7.00. The molecule has 4 aromatic rings. The minimum Gasteiger partial charge on any atom is -0.360 e. The largest absolute Gasteiger partial charge is 0.416 e. The third kappa shape index (κ3) is 1.88. The fourth-order valence-electron chi connectivity index (χ4n) is 2.62. The van der Waals surface area contributed by atoms with E-state index in [0.29, 0.717) is 11.5 Å². The van der Waals surface area contributed by atoms with E-state index in [1.54, 1.807) is 7.05 Å². The van der Waals surface area contributed by atoms with Gasteiger partial charge in [-0.15, -0.1) is 4.68 Å². The Kier molecular flexibility index (Phi) is 2.68. The highest BCUT2D eigenvalue weighted by molar-refractivity contribution is 5.93. The second-order valence-corrected chi connectivity index (χ2v) is 5.30. The molecule has 0 spiro atoms. The van der Waals surface area contributed by atoms with Crippen molar-refractivity contribution in [2.24, 2.45) is 14.1 Å². The van der Waals surface area contributed by atoms with Crippen molar-refractivity contribution in [1.29, 1.82) is 0 Å². The number of nitrogens with one attached hydrogen (secondary N) is 2. The van der Waals surface area contributed by atoms with E-state index in [1.165, 1.54) is 11.7 Å². The first kappa shape index (κ1) is 13.4. The maximum Gasteiger partial charge on any atom is 0.416 e. The molecule has 0 radical (unpaired) electrons. The molecule has 2 N–H and O–H groups in total. The van der Waals surface area contributed by atoms with Gasteiger partial charge in [-0.1, -0.05) is 23.3 Å². The van der Waals surface area contributed by atoms with Crippen LogP contribution in [0.25, 0.3) is 33.5 Å². The average molecular weight is 309 g/mol. The number of H-pyrrole nitrogens is 2. The SMILES string of the molecule is Cn1c(=O)[nH]c2c(nc(-c3c[nH]c4ccccc34)n[n+]2C)c1=O. The number of nitrogens with zero attached hydrogens (tertiary/aromatic N) is 4. The van der Waals surface area contributed by atoms with Crippen LogP contribution in [0.2, 0.25) is 0 Å². The summed E-state index contributed by atoms with van der Waals surface area (Å²) < 4.78 is 2.45. The minimum absolute atomic E-state index is 0.171. The van der Waals surface area contributed by atoms with Gasteiger partial charge in [-0.25, -0.2) is 14.3 Å². The van der Waals surface area contributed by atoms with Crippen LogP contribution in [0.4, 0.5) is 0 Å². The van der Waals surface area contributed by atoms with Crippen LogP contribution in [0.15, 0.2) is 40.1 Å². The molecule has 0 amide bonds. The first-order valence-corrected chi connectivity index (χ1v) is 7.00. The topological polar surface area (TPSA) is 100 Å². The lowest BCUT2D eigenvalue weighted by Gasteiger charge is -2.01. The molecule has 8 nitrogen and oxygen atoms in total. The molecule has 0 aliphatic heterocycles. The predicted molar refractivity (Wildman–Crippen MR) is 83.9 cm³/mol. The van der Waals surface area contributed by atoms with E-state index in [-0.39, 0.29) is 5.52 Å². The van der Waals surface area contributed by atoms with Crippen LogP contribution >= 0.6 is 0 Å². The molecule has 8 heteroatoms. The summed E-state index contributed by atoms with van der Waals surface area (Å²) in [6.45, 7) is 0. The van der Waals surface area contributed by atoms with Gasteiger partial charge in [0.15, 0.2) is 0 Å². The minimum atomic E-state index is -0.499. The molecular weight excluding hydrogens is 296 g/mol. The number of benzene rings is 1. The van der Waals surface area contributed by atoms with Crippen molar-refractivity contribution in [2.45, 2.75) is 0 Å². The van der Waals surface area contributed by atoms with Crippen LogP contribution in [0.3, 0.4) is 0 Å². The summed E-state index contributed by atoms with van der Waals surface area (Å²) >= 11 is 0. The van der Waals surface area contributed by atoms with Crippen molar-refractivity contribution in [1.82, 2.24) is 24.6 Å². The summed E-state index contributed by atoms with van der Waals surface area (Å²) in [6, 6.07) is 7.78. The number of aromatic nitrogens is 6. The van der Waals surface area contributed by atoms with Crippen molar-refractivity contribution in [3.05, 3.63) is 51.3 Å². The monoisotopic (exact) mass is 309 g/mol. The van der Waals surface area contributed by atoms with Crippen LogP contribution in [0, 0.1) is 0 Å². The lowest BCUT2D eigenvalue weighted by molar-refractivity contribution is -0.707. The molecule has 0 aliphatic rings. The van der Waals surface area contributed by atoms with Crippen LogP contribution in [0.5, 0.6) is 0 Å². The predicted octanol–water partition coefficient (Wildman–Crippen LogP) is -0.0104. The molecule has 0 aliphatic carbocycles. The Balaban J connectivity index is 2.10. The van der Waals surface area contributed by atoms with Crippen LogP contribution in [-0.4, -0.2) is 24.6 Å². The molecule has 0 unspecified atom stereocenters. The highest BCUT2D eigenvalue weighted by Gasteiger charge is 2.19. The number of hydrogen-bond acceptors (Lipinski definition) is 4. The van der Waals surface area contributed by atoms with Crippen molar-refractivity contribution in [3.63, 3.8) is 0 Å². The van der Waals surface area contributed by atoms with E-state index in [0.717, 1.165) is 21.0 Å². The molecule has 3 aromatic heterocycles. The molecule has 0 saturated heterocycles. The molecule has 0 bridgehead atoms. The summed E-state index contributed by atoms with van der Waals surface area (Å²) in [7, 11) is 3.08. The van der Waals surface area contributed by atoms with Crippen LogP contribution < -0.4 is 15.9 Å². The number of para-hydroxylation sites is 1. The van der Waals surface area contributed by atoms with E-state index in [4.69, 9.17) is 0 Å². The standard InChI is InChI=1S/C15H12N6O2/c1-20-14(22)11-13(18-15(20)23)21(2)19-12(17-11)9-7-16-10-6-4-3-5-8(9)10/h3-7H,1-2H3,(H,16,19)/p+1. The van der Waals surface area contributed by atoms with Gasteiger partial charge < -0.3 is 4.98 Å². The highest BCUT2D eigenvalue weighted by atomic mass is 16.2. The van der Waals surface area contributed by atoms with Gasteiger partial charge in [0.05, 0.1) is 0 Å². The summed E-state index contributed by atoms with van der Waals surface area (Å²) in [5.74, 6) is 0.418. The van der Waals surface area contributed by atoms with Gasteiger partial charge in [0.2, 0.25) is 11.3 Å². The third-order valence-electron chi connectivity index (χ3n) is 3.88. The van der Waals surface area contributed by atoms with Crippen molar-refractivity contribution in [3.8, 4) is 11.4 Å². The maximum atomic E-state index is 12.3. The number of fused-ring (bicyclic) bond motifs is 2. The lowest BCUT2D eigenvalue weighted by Crippen LogP contribution is -2.42. The molecule has 114 valence electrons. The Morgan fingerprint density at radius 1 is 1.22 bits per heavy atom. The van der Waals surface area contributed by atoms with Crippen molar-refractivity contribution >= 4 is 22.1 Å².